The molecule has 2 aromatic rings. The number of hydrogen-bond acceptors (Lipinski definition) is 2. The summed E-state index contributed by atoms with van der Waals surface area (Å²) in [5, 5.41) is -0.344. The molecular weight excluding hydrogens is 466 g/mol. The maximum Gasteiger partial charge on any atom is 0.416 e. The van der Waals surface area contributed by atoms with Gasteiger partial charge in [-0.15, -0.1) is 0 Å². The molecule has 0 saturated heterocycles. The molecule has 1 fully saturated rings. The Morgan fingerprint density at radius 3 is 2.53 bits per heavy atom. The Balaban J connectivity index is 1.54. The van der Waals surface area contributed by atoms with E-state index in [1.165, 1.54) is 12.1 Å². The number of benzene rings is 2. The first-order valence-electron chi connectivity index (χ1n) is 12.0. The summed E-state index contributed by atoms with van der Waals surface area (Å²) < 4.78 is 81.6. The van der Waals surface area contributed by atoms with Crippen LogP contribution < -0.4 is 4.72 Å². The Labute approximate surface area is 199 Å². The second-order valence-corrected chi connectivity index (χ2v) is 11.7. The third-order valence-electron chi connectivity index (χ3n) is 7.32. The number of nitrogens with one attached hydrogen (secondary N) is 1. The van der Waals surface area contributed by atoms with Gasteiger partial charge in [-0.25, -0.2) is 17.5 Å². The molecular formula is C26H31F4NO2S. The Morgan fingerprint density at radius 2 is 1.88 bits per heavy atom. The van der Waals surface area contributed by atoms with Gasteiger partial charge in [0.15, 0.2) is 0 Å². The van der Waals surface area contributed by atoms with E-state index in [4.69, 9.17) is 0 Å². The van der Waals surface area contributed by atoms with Gasteiger partial charge in [0.2, 0.25) is 10.0 Å². The molecule has 186 valence electrons. The minimum absolute atomic E-state index is 0.00412. The lowest BCUT2D eigenvalue weighted by Gasteiger charge is -2.25. The van der Waals surface area contributed by atoms with Gasteiger partial charge in [-0.3, -0.25) is 0 Å². The summed E-state index contributed by atoms with van der Waals surface area (Å²) in [6.07, 6.45) is 1.11. The van der Waals surface area contributed by atoms with Crippen LogP contribution in [0.2, 0.25) is 0 Å². The molecule has 34 heavy (non-hydrogen) atoms. The van der Waals surface area contributed by atoms with Gasteiger partial charge in [-0.1, -0.05) is 44.0 Å². The summed E-state index contributed by atoms with van der Waals surface area (Å²) in [6.45, 7) is 2.20. The number of halogens is 4. The van der Waals surface area contributed by atoms with Crippen molar-refractivity contribution >= 4 is 10.0 Å². The quantitative estimate of drug-likeness (QED) is 0.422. The molecule has 1 N–H and O–H groups in total. The number of hydrogen-bond donors (Lipinski definition) is 1. The van der Waals surface area contributed by atoms with Crippen molar-refractivity contribution in [2.45, 2.75) is 75.6 Å². The maximum atomic E-state index is 14.8. The SMILES string of the molecule is CCCC1Cc2cc(F)c(CCNS(=O)(=O)C3CCC3)cc2C1Cc1cccc(C(F)(F)F)c1. The van der Waals surface area contributed by atoms with Gasteiger partial charge >= 0.3 is 6.18 Å². The Kier molecular flexibility index (Phi) is 7.38. The smallest absolute Gasteiger partial charge is 0.215 e. The Hall–Kier alpha value is -1.93. The van der Waals surface area contributed by atoms with Crippen molar-refractivity contribution in [1.82, 2.24) is 4.72 Å². The van der Waals surface area contributed by atoms with Crippen molar-refractivity contribution in [3.63, 3.8) is 0 Å². The molecule has 0 bridgehead atoms. The molecule has 2 aliphatic rings. The summed E-state index contributed by atoms with van der Waals surface area (Å²) in [5.41, 5.74) is 2.30. The molecule has 3 nitrogen and oxygen atoms in total. The number of rotatable bonds is 9. The average Bonchev–Trinajstić information content (AvgIpc) is 3.02. The highest BCUT2D eigenvalue weighted by Gasteiger charge is 2.35. The molecule has 0 radical (unpaired) electrons. The van der Waals surface area contributed by atoms with E-state index >= 15 is 0 Å². The maximum absolute atomic E-state index is 14.8. The first kappa shape index (κ1) is 25.2. The van der Waals surface area contributed by atoms with Crippen LogP contribution in [0.15, 0.2) is 36.4 Å². The molecule has 2 unspecified atom stereocenters. The first-order valence-corrected chi connectivity index (χ1v) is 13.6. The molecule has 0 spiro atoms. The summed E-state index contributed by atoms with van der Waals surface area (Å²) in [4.78, 5) is 0. The second kappa shape index (κ2) is 9.97. The molecule has 0 aliphatic heterocycles. The Morgan fingerprint density at radius 1 is 1.12 bits per heavy atom. The van der Waals surface area contributed by atoms with E-state index in [-0.39, 0.29) is 35.9 Å². The molecule has 2 aliphatic carbocycles. The van der Waals surface area contributed by atoms with Crippen LogP contribution in [0, 0.1) is 11.7 Å². The molecule has 2 aromatic carbocycles. The van der Waals surface area contributed by atoms with Crippen LogP contribution in [0.5, 0.6) is 0 Å². The monoisotopic (exact) mass is 497 g/mol. The molecule has 2 atom stereocenters. The Bertz CT molecular complexity index is 1130. The van der Waals surface area contributed by atoms with Crippen molar-refractivity contribution in [1.29, 1.82) is 0 Å². The fraction of sp³-hybridized carbons (Fsp3) is 0.538. The van der Waals surface area contributed by atoms with Crippen LogP contribution in [-0.4, -0.2) is 20.2 Å². The molecule has 4 rings (SSSR count). The molecule has 1 saturated carbocycles. The fourth-order valence-electron chi connectivity index (χ4n) is 5.28. The van der Waals surface area contributed by atoms with Crippen LogP contribution in [0.3, 0.4) is 0 Å². The highest BCUT2D eigenvalue weighted by Crippen LogP contribution is 2.44. The van der Waals surface area contributed by atoms with E-state index in [1.807, 2.05) is 6.07 Å². The van der Waals surface area contributed by atoms with Crippen LogP contribution in [0.25, 0.3) is 0 Å². The molecule has 0 heterocycles. The van der Waals surface area contributed by atoms with Gasteiger partial charge in [-0.2, -0.15) is 13.2 Å². The van der Waals surface area contributed by atoms with Gasteiger partial charge < -0.3 is 0 Å². The summed E-state index contributed by atoms with van der Waals surface area (Å²) >= 11 is 0. The predicted molar refractivity (Wildman–Crippen MR) is 125 cm³/mol. The van der Waals surface area contributed by atoms with Gasteiger partial charge in [0.25, 0.3) is 0 Å². The highest BCUT2D eigenvalue weighted by molar-refractivity contribution is 7.90. The van der Waals surface area contributed by atoms with E-state index in [2.05, 4.69) is 11.6 Å². The largest absolute Gasteiger partial charge is 0.416 e. The molecule has 8 heteroatoms. The van der Waals surface area contributed by atoms with E-state index < -0.39 is 21.8 Å². The number of sulfonamides is 1. The normalized spacial score (nSPS) is 20.9. The van der Waals surface area contributed by atoms with Crippen molar-refractivity contribution in [3.8, 4) is 0 Å². The fourth-order valence-corrected chi connectivity index (χ4v) is 6.85. The van der Waals surface area contributed by atoms with Crippen LogP contribution in [0.1, 0.15) is 72.8 Å². The van der Waals surface area contributed by atoms with Crippen LogP contribution >= 0.6 is 0 Å². The predicted octanol–water partition coefficient (Wildman–Crippen LogP) is 6.16. The zero-order chi connectivity index (χ0) is 24.5. The zero-order valence-corrected chi connectivity index (χ0v) is 20.1. The summed E-state index contributed by atoms with van der Waals surface area (Å²) in [7, 11) is -3.37. The molecule has 0 amide bonds. The third kappa shape index (κ3) is 5.48. The van der Waals surface area contributed by atoms with E-state index in [0.29, 0.717) is 36.8 Å². The second-order valence-electron chi connectivity index (χ2n) is 9.65. The average molecular weight is 498 g/mol. The van der Waals surface area contributed by atoms with Crippen molar-refractivity contribution < 1.29 is 26.0 Å². The van der Waals surface area contributed by atoms with Gasteiger partial charge in [0.05, 0.1) is 10.8 Å². The van der Waals surface area contributed by atoms with E-state index in [1.54, 1.807) is 12.1 Å². The van der Waals surface area contributed by atoms with Crippen LogP contribution in [-0.2, 0) is 35.5 Å². The van der Waals surface area contributed by atoms with Gasteiger partial charge in [0, 0.05) is 6.54 Å². The summed E-state index contributed by atoms with van der Waals surface area (Å²) in [6, 6.07) is 8.80. The standard InChI is InChI=1S/C26H31F4NO2S/c1-2-5-18-14-20-16-25(27)19(10-11-31-34(32,33)22-8-4-9-22)15-24(20)23(18)13-17-6-3-7-21(12-17)26(28,29)30/h3,6-7,12,15-16,18,22-23,31H,2,4-5,8-11,13-14H2,1H3. The van der Waals surface area contributed by atoms with Crippen molar-refractivity contribution in [3.05, 3.63) is 70.0 Å². The minimum atomic E-state index is -4.39. The third-order valence-corrected chi connectivity index (χ3v) is 9.27. The lowest BCUT2D eigenvalue weighted by atomic mass is 9.83. The molecule has 0 aromatic heterocycles. The topological polar surface area (TPSA) is 46.2 Å². The summed E-state index contributed by atoms with van der Waals surface area (Å²) in [5.74, 6) is -0.109. The zero-order valence-electron chi connectivity index (χ0n) is 19.3. The van der Waals surface area contributed by atoms with Gasteiger partial charge in [-0.05, 0) is 84.7 Å². The van der Waals surface area contributed by atoms with E-state index in [9.17, 15) is 26.0 Å². The van der Waals surface area contributed by atoms with E-state index in [0.717, 1.165) is 36.5 Å². The lowest BCUT2D eigenvalue weighted by molar-refractivity contribution is -0.137. The number of fused-ring (bicyclic) bond motifs is 1. The lowest BCUT2D eigenvalue weighted by Crippen LogP contribution is -2.39. The number of alkyl halides is 3. The van der Waals surface area contributed by atoms with Crippen molar-refractivity contribution in [2.75, 3.05) is 6.54 Å². The van der Waals surface area contributed by atoms with Gasteiger partial charge in [0.1, 0.15) is 5.82 Å². The minimum Gasteiger partial charge on any atom is -0.215 e. The first-order chi connectivity index (χ1) is 16.1. The van der Waals surface area contributed by atoms with Crippen molar-refractivity contribution in [2.24, 2.45) is 5.92 Å². The highest BCUT2D eigenvalue weighted by atomic mass is 32.2. The van der Waals surface area contributed by atoms with Crippen LogP contribution in [0.4, 0.5) is 17.6 Å².